The summed E-state index contributed by atoms with van der Waals surface area (Å²) in [5.74, 6) is 0.785. The number of ether oxygens (including phenoxy) is 1. The molecule has 0 fully saturated rings. The average molecular weight is 556 g/mol. The van der Waals surface area contributed by atoms with Crippen LogP contribution in [0, 0.1) is 5.92 Å². The number of hydrogen-bond donors (Lipinski definition) is 0. The van der Waals surface area contributed by atoms with Gasteiger partial charge >= 0.3 is 0 Å². The summed E-state index contributed by atoms with van der Waals surface area (Å²) >= 11 is 0. The quantitative estimate of drug-likeness (QED) is 0.0800. The average Bonchev–Trinajstić information content (AvgIpc) is 2.86. The number of nitrogens with zero attached hydrogens (tertiary/aromatic N) is 1. The van der Waals surface area contributed by atoms with E-state index in [0.717, 1.165) is 30.8 Å². The van der Waals surface area contributed by atoms with Crippen LogP contribution in [-0.4, -0.2) is 57.8 Å². The van der Waals surface area contributed by atoms with Crippen molar-refractivity contribution in [3.63, 3.8) is 0 Å². The van der Waals surface area contributed by atoms with Crippen LogP contribution >= 0.6 is 7.82 Å². The number of Topliss-reactive ketones (excluding diaryl/α,β-unsaturated/α-hetero) is 1. The minimum atomic E-state index is -4.40. The molecule has 8 heteroatoms. The molecule has 2 unspecified atom stereocenters. The minimum Gasteiger partial charge on any atom is -0.756 e. The first kappa shape index (κ1) is 34.8. The fraction of sp³-hybridized carbons (Fsp3) is 0.767. The Balaban J connectivity index is 2.38. The summed E-state index contributed by atoms with van der Waals surface area (Å²) in [5, 5.41) is 0. The first-order valence-corrected chi connectivity index (χ1v) is 16.1. The van der Waals surface area contributed by atoms with Gasteiger partial charge in [0.1, 0.15) is 24.7 Å². The highest BCUT2D eigenvalue weighted by Crippen LogP contribution is 2.39. The van der Waals surface area contributed by atoms with Gasteiger partial charge in [0.2, 0.25) is 0 Å². The number of benzene rings is 1. The predicted molar refractivity (Wildman–Crippen MR) is 153 cm³/mol. The van der Waals surface area contributed by atoms with Gasteiger partial charge in [0.05, 0.1) is 34.4 Å². The molecule has 0 amide bonds. The maximum absolute atomic E-state index is 12.2. The molecule has 0 aliphatic rings. The van der Waals surface area contributed by atoms with Gasteiger partial charge < -0.3 is 23.2 Å². The fourth-order valence-electron chi connectivity index (χ4n) is 4.10. The van der Waals surface area contributed by atoms with Crippen molar-refractivity contribution < 1.29 is 32.5 Å². The Morgan fingerprint density at radius 3 is 2.08 bits per heavy atom. The van der Waals surface area contributed by atoms with Crippen LogP contribution < -0.4 is 9.63 Å². The van der Waals surface area contributed by atoms with Crippen LogP contribution in [0.1, 0.15) is 96.5 Å². The predicted octanol–water partition coefficient (Wildman–Crippen LogP) is 6.72. The molecular formula is C30H54NO6P. The minimum absolute atomic E-state index is 0.0448. The topological polar surface area (TPSA) is 84.9 Å². The third kappa shape index (κ3) is 18.9. The maximum atomic E-state index is 12.2. The van der Waals surface area contributed by atoms with E-state index in [4.69, 9.17) is 13.8 Å². The van der Waals surface area contributed by atoms with Crippen LogP contribution in [0.5, 0.6) is 5.75 Å². The number of unbranched alkanes of at least 4 members (excludes halogenated alkanes) is 8. The monoisotopic (exact) mass is 555 g/mol. The molecule has 0 radical (unpaired) electrons. The Hall–Kier alpha value is -1.24. The number of aryl methyl sites for hydroxylation is 1. The number of ketones is 1. The number of likely N-dealkylation sites (N-methyl/N-ethyl adjacent to an activating group) is 1. The van der Waals surface area contributed by atoms with Crippen molar-refractivity contribution in [2.24, 2.45) is 5.92 Å². The van der Waals surface area contributed by atoms with Gasteiger partial charge in [-0.25, -0.2) is 0 Å². The molecule has 0 spiro atoms. The Labute approximate surface area is 232 Å². The SMILES string of the molecule is CCCCCCCCCCCOc1ccc(CCC(COP(=O)([O-])OCC[N+](C)(C)C)CC(=O)CC)cc1. The lowest BCUT2D eigenvalue weighted by Crippen LogP contribution is -2.37. The summed E-state index contributed by atoms with van der Waals surface area (Å²) in [7, 11) is 1.48. The summed E-state index contributed by atoms with van der Waals surface area (Å²) in [6.07, 6.45) is 13.8. The standard InChI is InChI=1S/C30H54NO6P/c1-6-8-9-10-11-12-13-14-15-23-35-30-20-18-27(19-21-30)16-17-28(25-29(32)7-2)26-37-38(33,34)36-24-22-31(3,4)5/h18-21,28H,6-17,22-26H2,1-5H3. The number of phosphoric ester groups is 1. The van der Waals surface area contributed by atoms with Gasteiger partial charge in [0.15, 0.2) is 0 Å². The zero-order valence-electron chi connectivity index (χ0n) is 24.8. The van der Waals surface area contributed by atoms with E-state index in [2.05, 4.69) is 6.92 Å². The molecule has 0 N–H and O–H groups in total. The van der Waals surface area contributed by atoms with E-state index in [-0.39, 0.29) is 24.9 Å². The van der Waals surface area contributed by atoms with E-state index in [1.54, 1.807) is 0 Å². The summed E-state index contributed by atoms with van der Waals surface area (Å²) in [5.41, 5.74) is 1.12. The van der Waals surface area contributed by atoms with Crippen molar-refractivity contribution >= 4 is 13.6 Å². The molecule has 0 aromatic heterocycles. The fourth-order valence-corrected chi connectivity index (χ4v) is 4.87. The maximum Gasteiger partial charge on any atom is 0.268 e. The highest BCUT2D eigenvalue weighted by molar-refractivity contribution is 7.45. The van der Waals surface area contributed by atoms with Crippen molar-refractivity contribution in [1.29, 1.82) is 0 Å². The van der Waals surface area contributed by atoms with Crippen molar-refractivity contribution in [1.82, 2.24) is 0 Å². The lowest BCUT2D eigenvalue weighted by Gasteiger charge is -2.28. The highest BCUT2D eigenvalue weighted by atomic mass is 31.2. The van der Waals surface area contributed by atoms with Crippen molar-refractivity contribution in [2.75, 3.05) is 47.5 Å². The van der Waals surface area contributed by atoms with Crippen LogP contribution in [0.4, 0.5) is 0 Å². The molecule has 0 aliphatic heterocycles. The van der Waals surface area contributed by atoms with Crippen LogP contribution in [0.15, 0.2) is 24.3 Å². The lowest BCUT2D eigenvalue weighted by atomic mass is 9.94. The summed E-state index contributed by atoms with van der Waals surface area (Å²) in [6.45, 7) is 5.37. The third-order valence-corrected chi connectivity index (χ3v) is 7.64. The Morgan fingerprint density at radius 2 is 1.50 bits per heavy atom. The molecule has 1 rings (SSSR count). The van der Waals surface area contributed by atoms with Gasteiger partial charge in [-0.2, -0.15) is 0 Å². The highest BCUT2D eigenvalue weighted by Gasteiger charge is 2.19. The van der Waals surface area contributed by atoms with Crippen molar-refractivity contribution in [3.05, 3.63) is 29.8 Å². The second-order valence-corrected chi connectivity index (χ2v) is 12.8. The van der Waals surface area contributed by atoms with E-state index in [0.29, 0.717) is 30.3 Å². The van der Waals surface area contributed by atoms with E-state index in [1.165, 1.54) is 51.4 Å². The first-order chi connectivity index (χ1) is 18.0. The van der Waals surface area contributed by atoms with E-state index in [1.807, 2.05) is 52.3 Å². The summed E-state index contributed by atoms with van der Waals surface area (Å²) in [4.78, 5) is 24.2. The van der Waals surface area contributed by atoms with Gasteiger partial charge in [-0.3, -0.25) is 9.36 Å². The molecule has 0 aliphatic carbocycles. The molecule has 0 saturated heterocycles. The molecular weight excluding hydrogens is 501 g/mol. The molecule has 0 bridgehead atoms. The van der Waals surface area contributed by atoms with Gasteiger partial charge in [0.25, 0.3) is 7.82 Å². The smallest absolute Gasteiger partial charge is 0.268 e. The van der Waals surface area contributed by atoms with Crippen molar-refractivity contribution in [3.8, 4) is 5.75 Å². The van der Waals surface area contributed by atoms with Gasteiger partial charge in [0, 0.05) is 12.8 Å². The zero-order valence-corrected chi connectivity index (χ0v) is 25.6. The molecule has 220 valence electrons. The molecule has 1 aromatic rings. The first-order valence-electron chi connectivity index (χ1n) is 14.7. The Kier molecular flexibility index (Phi) is 18.1. The normalized spacial score (nSPS) is 14.3. The number of carbonyl (C=O) groups is 1. The molecule has 0 saturated carbocycles. The zero-order chi connectivity index (χ0) is 28.3. The largest absolute Gasteiger partial charge is 0.756 e. The van der Waals surface area contributed by atoms with E-state index < -0.39 is 7.82 Å². The second-order valence-electron chi connectivity index (χ2n) is 11.4. The molecule has 1 aromatic carbocycles. The number of rotatable bonds is 24. The van der Waals surface area contributed by atoms with Gasteiger partial charge in [-0.05, 0) is 42.9 Å². The molecule has 2 atom stereocenters. The van der Waals surface area contributed by atoms with Crippen LogP contribution in [0.3, 0.4) is 0 Å². The van der Waals surface area contributed by atoms with Gasteiger partial charge in [-0.1, -0.05) is 77.3 Å². The van der Waals surface area contributed by atoms with Crippen LogP contribution in [0.25, 0.3) is 0 Å². The lowest BCUT2D eigenvalue weighted by molar-refractivity contribution is -0.870. The van der Waals surface area contributed by atoms with Gasteiger partial charge in [-0.15, -0.1) is 0 Å². The number of phosphoric acid groups is 1. The van der Waals surface area contributed by atoms with Crippen LogP contribution in [-0.2, 0) is 24.8 Å². The number of quaternary nitrogens is 1. The molecule has 0 heterocycles. The van der Waals surface area contributed by atoms with Crippen molar-refractivity contribution in [2.45, 2.75) is 97.3 Å². The van der Waals surface area contributed by atoms with Crippen LogP contribution in [0.2, 0.25) is 0 Å². The third-order valence-electron chi connectivity index (χ3n) is 6.67. The summed E-state index contributed by atoms with van der Waals surface area (Å²) in [6, 6.07) is 8.05. The molecule has 7 nitrogen and oxygen atoms in total. The van der Waals surface area contributed by atoms with E-state index in [9.17, 15) is 14.3 Å². The number of hydrogen-bond acceptors (Lipinski definition) is 6. The number of carbonyl (C=O) groups excluding carboxylic acids is 1. The summed E-state index contributed by atoms with van der Waals surface area (Å²) < 4.78 is 28.8. The Bertz CT molecular complexity index is 793. The Morgan fingerprint density at radius 1 is 0.895 bits per heavy atom. The molecule has 38 heavy (non-hydrogen) atoms. The second kappa shape index (κ2) is 19.8. The van der Waals surface area contributed by atoms with E-state index >= 15 is 0 Å².